The zero-order chi connectivity index (χ0) is 13.7. The second kappa shape index (κ2) is 6.01. The van der Waals surface area contributed by atoms with Crippen molar-refractivity contribution in [2.24, 2.45) is 0 Å². The van der Waals surface area contributed by atoms with Gasteiger partial charge >= 0.3 is 5.97 Å². The largest absolute Gasteiger partial charge is 0.461 e. The molecule has 96 valence electrons. The van der Waals surface area contributed by atoms with Crippen molar-refractivity contribution in [3.8, 4) is 6.07 Å². The lowest BCUT2D eigenvalue weighted by molar-refractivity contribution is -0.148. The molecule has 0 aliphatic heterocycles. The first kappa shape index (κ1) is 14.0. The molecule has 1 aromatic rings. The first-order valence-corrected chi connectivity index (χ1v) is 5.75. The van der Waals surface area contributed by atoms with E-state index < -0.39 is 6.04 Å². The van der Waals surface area contributed by atoms with Crippen LogP contribution in [-0.2, 0) is 9.53 Å². The number of nitrogens with zero attached hydrogens (tertiary/aromatic N) is 3. The predicted molar refractivity (Wildman–Crippen MR) is 68.0 cm³/mol. The topological polar surface area (TPSA) is 66.2 Å². The van der Waals surface area contributed by atoms with Gasteiger partial charge in [-0.15, -0.1) is 0 Å². The number of ether oxygens (including phenoxy) is 1. The molecule has 0 aliphatic rings. The second-order valence-electron chi connectivity index (χ2n) is 4.26. The van der Waals surface area contributed by atoms with E-state index in [1.54, 1.807) is 51.0 Å². The number of hydrogen-bond donors (Lipinski definition) is 0. The quantitative estimate of drug-likeness (QED) is 0.758. The van der Waals surface area contributed by atoms with Crippen molar-refractivity contribution in [1.82, 2.24) is 4.98 Å². The Labute approximate surface area is 107 Å². The fraction of sp³-hybridized carbons (Fsp3) is 0.462. The molecule has 18 heavy (non-hydrogen) atoms. The SMILES string of the molecule is CC(C)OC(=O)C(C)N(C)c1ncccc1C#N. The van der Waals surface area contributed by atoms with Gasteiger partial charge in [0.2, 0.25) is 0 Å². The molecule has 0 saturated carbocycles. The summed E-state index contributed by atoms with van der Waals surface area (Å²) in [5, 5.41) is 9.00. The Hall–Kier alpha value is -2.09. The van der Waals surface area contributed by atoms with E-state index >= 15 is 0 Å². The molecule has 1 atom stereocenters. The summed E-state index contributed by atoms with van der Waals surface area (Å²) in [5.74, 6) is 0.148. The minimum Gasteiger partial charge on any atom is -0.461 e. The lowest BCUT2D eigenvalue weighted by Crippen LogP contribution is -2.39. The first-order chi connectivity index (χ1) is 8.47. The maximum atomic E-state index is 11.8. The smallest absolute Gasteiger partial charge is 0.328 e. The van der Waals surface area contributed by atoms with E-state index in [1.807, 2.05) is 0 Å². The molecule has 0 spiro atoms. The molecule has 0 fully saturated rings. The summed E-state index contributed by atoms with van der Waals surface area (Å²) in [6.07, 6.45) is 1.43. The molecule has 0 aromatic carbocycles. The molecular weight excluding hydrogens is 230 g/mol. The van der Waals surface area contributed by atoms with Gasteiger partial charge in [-0.25, -0.2) is 9.78 Å². The zero-order valence-electron chi connectivity index (χ0n) is 11.0. The maximum absolute atomic E-state index is 11.8. The van der Waals surface area contributed by atoms with Crippen LogP contribution < -0.4 is 4.90 Å². The molecule has 5 nitrogen and oxygen atoms in total. The summed E-state index contributed by atoms with van der Waals surface area (Å²) >= 11 is 0. The molecule has 0 saturated heterocycles. The van der Waals surface area contributed by atoms with Gasteiger partial charge in [0.25, 0.3) is 0 Å². The van der Waals surface area contributed by atoms with Crippen LogP contribution in [0.2, 0.25) is 0 Å². The van der Waals surface area contributed by atoms with Crippen LogP contribution in [-0.4, -0.2) is 30.1 Å². The van der Waals surface area contributed by atoms with Crippen molar-refractivity contribution in [1.29, 1.82) is 5.26 Å². The number of esters is 1. The van der Waals surface area contributed by atoms with Gasteiger partial charge in [-0.1, -0.05) is 0 Å². The summed E-state index contributed by atoms with van der Waals surface area (Å²) in [4.78, 5) is 17.6. The summed E-state index contributed by atoms with van der Waals surface area (Å²) < 4.78 is 5.14. The Kier molecular flexibility index (Phi) is 4.67. The van der Waals surface area contributed by atoms with E-state index in [9.17, 15) is 4.79 Å². The molecule has 0 aliphatic carbocycles. The summed E-state index contributed by atoms with van der Waals surface area (Å²) in [5.41, 5.74) is 0.434. The fourth-order valence-electron chi connectivity index (χ4n) is 1.44. The summed E-state index contributed by atoms with van der Waals surface area (Å²) in [7, 11) is 1.72. The molecule has 1 aromatic heterocycles. The van der Waals surface area contributed by atoms with Crippen LogP contribution in [0.5, 0.6) is 0 Å². The van der Waals surface area contributed by atoms with Crippen molar-refractivity contribution in [3.05, 3.63) is 23.9 Å². The lowest BCUT2D eigenvalue weighted by Gasteiger charge is -2.25. The molecule has 0 N–H and O–H groups in total. The van der Waals surface area contributed by atoms with Gasteiger partial charge < -0.3 is 9.64 Å². The van der Waals surface area contributed by atoms with Crippen LogP contribution in [0.4, 0.5) is 5.82 Å². The molecule has 1 unspecified atom stereocenters. The molecule has 1 heterocycles. The van der Waals surface area contributed by atoms with E-state index in [2.05, 4.69) is 11.1 Å². The van der Waals surface area contributed by atoms with Gasteiger partial charge in [0.1, 0.15) is 17.9 Å². The van der Waals surface area contributed by atoms with E-state index in [-0.39, 0.29) is 12.1 Å². The first-order valence-electron chi connectivity index (χ1n) is 5.75. The highest BCUT2D eigenvalue weighted by Crippen LogP contribution is 2.17. The highest BCUT2D eigenvalue weighted by atomic mass is 16.5. The lowest BCUT2D eigenvalue weighted by atomic mass is 10.2. The fourth-order valence-corrected chi connectivity index (χ4v) is 1.44. The minimum atomic E-state index is -0.491. The number of carbonyl (C=O) groups excluding carboxylic acids is 1. The molecule has 0 bridgehead atoms. The molecule has 1 rings (SSSR count). The third-order valence-corrected chi connectivity index (χ3v) is 2.52. The van der Waals surface area contributed by atoms with Crippen LogP contribution >= 0.6 is 0 Å². The number of carbonyl (C=O) groups is 1. The van der Waals surface area contributed by atoms with Gasteiger partial charge in [0.05, 0.1) is 11.7 Å². The second-order valence-corrected chi connectivity index (χ2v) is 4.26. The van der Waals surface area contributed by atoms with Crippen LogP contribution in [0.25, 0.3) is 0 Å². The van der Waals surface area contributed by atoms with Crippen LogP contribution in [0.15, 0.2) is 18.3 Å². The Morgan fingerprint density at radius 3 is 2.72 bits per heavy atom. The van der Waals surface area contributed by atoms with Gasteiger partial charge in [0.15, 0.2) is 0 Å². The monoisotopic (exact) mass is 247 g/mol. The Bertz CT molecular complexity index is 466. The van der Waals surface area contributed by atoms with E-state index in [0.717, 1.165) is 0 Å². The van der Waals surface area contributed by atoms with Crippen LogP contribution in [0, 0.1) is 11.3 Å². The van der Waals surface area contributed by atoms with Crippen molar-refractivity contribution >= 4 is 11.8 Å². The van der Waals surface area contributed by atoms with E-state index in [0.29, 0.717) is 11.4 Å². The normalized spacial score (nSPS) is 11.8. The highest BCUT2D eigenvalue weighted by Gasteiger charge is 2.23. The summed E-state index contributed by atoms with van der Waals surface area (Å²) in [6, 6.07) is 4.92. The number of hydrogen-bond acceptors (Lipinski definition) is 5. The van der Waals surface area contributed by atoms with Gasteiger partial charge in [-0.3, -0.25) is 0 Å². The zero-order valence-corrected chi connectivity index (χ0v) is 11.0. The minimum absolute atomic E-state index is 0.160. The number of anilines is 1. The third kappa shape index (κ3) is 3.20. The van der Waals surface area contributed by atoms with Gasteiger partial charge in [-0.05, 0) is 32.9 Å². The van der Waals surface area contributed by atoms with Crippen LogP contribution in [0.1, 0.15) is 26.3 Å². The number of rotatable bonds is 4. The van der Waals surface area contributed by atoms with Crippen LogP contribution in [0.3, 0.4) is 0 Å². The number of pyridine rings is 1. The standard InChI is InChI=1S/C13H17N3O2/c1-9(2)18-13(17)10(3)16(4)12-11(8-14)6-5-7-15-12/h5-7,9-10H,1-4H3. The predicted octanol–water partition coefficient (Wildman–Crippen LogP) is 1.73. The third-order valence-electron chi connectivity index (χ3n) is 2.52. The number of nitriles is 1. The van der Waals surface area contributed by atoms with E-state index in [4.69, 9.17) is 10.00 Å². The average molecular weight is 247 g/mol. The Morgan fingerprint density at radius 2 is 2.17 bits per heavy atom. The molecular formula is C13H17N3O2. The van der Waals surface area contributed by atoms with Gasteiger partial charge in [0, 0.05) is 13.2 Å². The number of likely N-dealkylation sites (N-methyl/N-ethyl adjacent to an activating group) is 1. The van der Waals surface area contributed by atoms with Crippen molar-refractivity contribution in [2.45, 2.75) is 32.9 Å². The molecule has 0 radical (unpaired) electrons. The van der Waals surface area contributed by atoms with Gasteiger partial charge in [-0.2, -0.15) is 5.26 Å². The van der Waals surface area contributed by atoms with E-state index in [1.165, 1.54) is 0 Å². The average Bonchev–Trinajstić information content (AvgIpc) is 2.36. The maximum Gasteiger partial charge on any atom is 0.328 e. The van der Waals surface area contributed by atoms with Crippen molar-refractivity contribution < 1.29 is 9.53 Å². The van der Waals surface area contributed by atoms with Crippen molar-refractivity contribution in [2.75, 3.05) is 11.9 Å². The molecule has 0 amide bonds. The van der Waals surface area contributed by atoms with Crippen molar-refractivity contribution in [3.63, 3.8) is 0 Å². The Morgan fingerprint density at radius 1 is 1.50 bits per heavy atom. The Balaban J connectivity index is 2.90. The summed E-state index contributed by atoms with van der Waals surface area (Å²) in [6.45, 7) is 5.32. The number of aromatic nitrogens is 1. The highest BCUT2D eigenvalue weighted by molar-refractivity contribution is 5.79. The molecule has 5 heteroatoms.